The van der Waals surface area contributed by atoms with Crippen molar-refractivity contribution in [1.29, 1.82) is 0 Å². The Morgan fingerprint density at radius 2 is 1.86 bits per heavy atom. The van der Waals surface area contributed by atoms with Crippen molar-refractivity contribution < 1.29 is 14.7 Å². The summed E-state index contributed by atoms with van der Waals surface area (Å²) in [5.41, 5.74) is 1.94. The number of carbonyl (C=O) groups excluding carboxylic acids is 1. The molecule has 0 saturated heterocycles. The van der Waals surface area contributed by atoms with Gasteiger partial charge in [0.25, 0.3) is 5.91 Å². The fourth-order valence-corrected chi connectivity index (χ4v) is 2.56. The van der Waals surface area contributed by atoms with Gasteiger partial charge in [0.2, 0.25) is 0 Å². The second kappa shape index (κ2) is 5.31. The molecule has 0 aliphatic carbocycles. The van der Waals surface area contributed by atoms with Gasteiger partial charge in [0.1, 0.15) is 0 Å². The summed E-state index contributed by atoms with van der Waals surface area (Å²) < 4.78 is 1.35. The number of fused-ring (bicyclic) bond motifs is 1. The molecule has 110 valence electrons. The summed E-state index contributed by atoms with van der Waals surface area (Å²) >= 11 is 6.06. The normalized spacial score (nSPS) is 10.8. The van der Waals surface area contributed by atoms with Crippen molar-refractivity contribution in [3.05, 3.63) is 70.4 Å². The van der Waals surface area contributed by atoms with Crippen LogP contribution in [0.5, 0.6) is 0 Å². The number of nitrogens with zero attached hydrogens (tertiary/aromatic N) is 1. The lowest BCUT2D eigenvalue weighted by atomic mass is 10.1. The molecule has 22 heavy (non-hydrogen) atoms. The van der Waals surface area contributed by atoms with Crippen LogP contribution >= 0.6 is 11.6 Å². The maximum absolute atomic E-state index is 12.7. The molecule has 0 bridgehead atoms. The third-order valence-electron chi connectivity index (χ3n) is 3.58. The van der Waals surface area contributed by atoms with E-state index in [1.165, 1.54) is 10.8 Å². The van der Waals surface area contributed by atoms with Crippen molar-refractivity contribution in [2.24, 2.45) is 0 Å². The number of hydrogen-bond donors (Lipinski definition) is 1. The van der Waals surface area contributed by atoms with Gasteiger partial charge in [-0.05, 0) is 30.7 Å². The predicted molar refractivity (Wildman–Crippen MR) is 84.8 cm³/mol. The highest BCUT2D eigenvalue weighted by Gasteiger charge is 2.18. The molecule has 0 aliphatic rings. The Bertz CT molecular complexity index is 911. The zero-order chi connectivity index (χ0) is 15.9. The molecule has 0 atom stereocenters. The highest BCUT2D eigenvalue weighted by Crippen LogP contribution is 2.24. The van der Waals surface area contributed by atoms with E-state index < -0.39 is 5.97 Å². The monoisotopic (exact) mass is 313 g/mol. The molecule has 1 heterocycles. The van der Waals surface area contributed by atoms with Crippen LogP contribution in [-0.4, -0.2) is 21.6 Å². The van der Waals surface area contributed by atoms with E-state index in [0.29, 0.717) is 21.5 Å². The van der Waals surface area contributed by atoms with Gasteiger partial charge in [-0.15, -0.1) is 0 Å². The first-order valence-electron chi connectivity index (χ1n) is 6.63. The largest absolute Gasteiger partial charge is 0.478 e. The fraction of sp³-hybridized carbons (Fsp3) is 0.0588. The summed E-state index contributed by atoms with van der Waals surface area (Å²) in [6.07, 6.45) is 1.35. The number of hydrogen-bond acceptors (Lipinski definition) is 2. The molecule has 0 amide bonds. The molecule has 0 radical (unpaired) electrons. The molecule has 0 spiro atoms. The molecule has 5 heteroatoms. The number of aromatic carboxylic acids is 1. The van der Waals surface area contributed by atoms with Crippen molar-refractivity contribution in [2.45, 2.75) is 6.92 Å². The first-order valence-corrected chi connectivity index (χ1v) is 7.01. The second-order valence-electron chi connectivity index (χ2n) is 5.00. The molecule has 0 aliphatic heterocycles. The molecular formula is C17H12ClNO3. The lowest BCUT2D eigenvalue weighted by Gasteiger charge is -2.06. The van der Waals surface area contributed by atoms with Crippen LogP contribution in [0, 0.1) is 6.92 Å². The Balaban J connectivity index is 2.19. The van der Waals surface area contributed by atoms with E-state index in [9.17, 15) is 14.7 Å². The van der Waals surface area contributed by atoms with Crippen LogP contribution in [0.3, 0.4) is 0 Å². The van der Waals surface area contributed by atoms with E-state index in [-0.39, 0.29) is 11.5 Å². The van der Waals surface area contributed by atoms with Crippen molar-refractivity contribution >= 4 is 34.4 Å². The van der Waals surface area contributed by atoms with E-state index in [2.05, 4.69) is 0 Å². The lowest BCUT2D eigenvalue weighted by molar-refractivity contribution is 0.0699. The van der Waals surface area contributed by atoms with Gasteiger partial charge >= 0.3 is 5.97 Å². The molecule has 0 saturated carbocycles. The van der Waals surface area contributed by atoms with Crippen LogP contribution in [0.15, 0.2) is 48.7 Å². The zero-order valence-corrected chi connectivity index (χ0v) is 12.5. The smallest absolute Gasteiger partial charge is 0.337 e. The van der Waals surface area contributed by atoms with Crippen LogP contribution in [0.4, 0.5) is 0 Å². The van der Waals surface area contributed by atoms with E-state index in [1.54, 1.807) is 42.5 Å². The molecular weight excluding hydrogens is 302 g/mol. The van der Waals surface area contributed by atoms with Crippen LogP contribution in [-0.2, 0) is 0 Å². The molecule has 0 unspecified atom stereocenters. The van der Waals surface area contributed by atoms with Gasteiger partial charge in [-0.25, -0.2) is 4.79 Å². The Morgan fingerprint density at radius 1 is 1.14 bits per heavy atom. The molecule has 1 aromatic heterocycles. The van der Waals surface area contributed by atoms with E-state index in [4.69, 9.17) is 11.6 Å². The van der Waals surface area contributed by atoms with Crippen molar-refractivity contribution in [1.82, 2.24) is 4.57 Å². The van der Waals surface area contributed by atoms with Crippen molar-refractivity contribution in [3.8, 4) is 0 Å². The predicted octanol–water partition coefficient (Wildman–Crippen LogP) is 3.99. The summed E-state index contributed by atoms with van der Waals surface area (Å²) in [7, 11) is 0. The van der Waals surface area contributed by atoms with Crippen LogP contribution < -0.4 is 0 Å². The summed E-state index contributed by atoms with van der Waals surface area (Å²) in [6, 6.07) is 11.9. The summed E-state index contributed by atoms with van der Waals surface area (Å²) in [6.45, 7) is 1.85. The Labute approximate surface area is 131 Å². The van der Waals surface area contributed by atoms with E-state index >= 15 is 0 Å². The molecule has 3 aromatic rings. The maximum atomic E-state index is 12.7. The van der Waals surface area contributed by atoms with Crippen molar-refractivity contribution in [3.63, 3.8) is 0 Å². The minimum atomic E-state index is -1.07. The minimum absolute atomic E-state index is 0.0992. The molecule has 2 aromatic carbocycles. The summed E-state index contributed by atoms with van der Waals surface area (Å²) in [5.74, 6) is -1.38. The van der Waals surface area contributed by atoms with Gasteiger partial charge in [-0.3, -0.25) is 9.36 Å². The average molecular weight is 314 g/mol. The van der Waals surface area contributed by atoms with Gasteiger partial charge in [0, 0.05) is 22.2 Å². The minimum Gasteiger partial charge on any atom is -0.478 e. The Morgan fingerprint density at radius 3 is 2.55 bits per heavy atom. The standard InChI is InChI=1S/C17H12ClNO3/c1-10-6-7-11(8-14(10)18)16(20)19-9-13(17(21)22)12-4-2-3-5-15(12)19/h2-9H,1H3,(H,21,22). The second-order valence-corrected chi connectivity index (χ2v) is 5.41. The van der Waals surface area contributed by atoms with Crippen molar-refractivity contribution in [2.75, 3.05) is 0 Å². The van der Waals surface area contributed by atoms with Crippen LogP contribution in [0.1, 0.15) is 26.3 Å². The van der Waals surface area contributed by atoms with Crippen LogP contribution in [0.2, 0.25) is 5.02 Å². The zero-order valence-electron chi connectivity index (χ0n) is 11.7. The molecule has 1 N–H and O–H groups in total. The number of carboxylic acid groups (broad SMARTS) is 1. The van der Waals surface area contributed by atoms with E-state index in [0.717, 1.165) is 5.56 Å². The highest BCUT2D eigenvalue weighted by atomic mass is 35.5. The number of carbonyl (C=O) groups is 2. The topological polar surface area (TPSA) is 59.3 Å². The third-order valence-corrected chi connectivity index (χ3v) is 3.99. The van der Waals surface area contributed by atoms with Gasteiger partial charge in [-0.2, -0.15) is 0 Å². The summed E-state index contributed by atoms with van der Waals surface area (Å²) in [4.78, 5) is 24.0. The number of aryl methyl sites for hydroxylation is 1. The third kappa shape index (κ3) is 2.27. The number of para-hydroxylation sites is 1. The lowest BCUT2D eigenvalue weighted by Crippen LogP contribution is -2.11. The van der Waals surface area contributed by atoms with Gasteiger partial charge in [0.05, 0.1) is 11.1 Å². The highest BCUT2D eigenvalue weighted by molar-refractivity contribution is 6.31. The number of benzene rings is 2. The maximum Gasteiger partial charge on any atom is 0.337 e. The van der Waals surface area contributed by atoms with Gasteiger partial charge in [-0.1, -0.05) is 35.9 Å². The summed E-state index contributed by atoms with van der Waals surface area (Å²) in [5, 5.41) is 10.3. The fourth-order valence-electron chi connectivity index (χ4n) is 2.38. The molecule has 4 nitrogen and oxygen atoms in total. The molecule has 3 rings (SSSR count). The van der Waals surface area contributed by atoms with Crippen LogP contribution in [0.25, 0.3) is 10.9 Å². The number of aromatic nitrogens is 1. The first-order chi connectivity index (χ1) is 10.5. The Hall–Kier alpha value is -2.59. The number of halogens is 1. The SMILES string of the molecule is Cc1ccc(C(=O)n2cc(C(=O)O)c3ccccc32)cc1Cl. The molecule has 0 fully saturated rings. The van der Waals surface area contributed by atoms with Gasteiger partial charge < -0.3 is 5.11 Å². The number of rotatable bonds is 2. The number of carboxylic acids is 1. The van der Waals surface area contributed by atoms with Gasteiger partial charge in [0.15, 0.2) is 0 Å². The quantitative estimate of drug-likeness (QED) is 0.778. The first kappa shape index (κ1) is 14.4. The van der Waals surface area contributed by atoms with E-state index in [1.807, 2.05) is 6.92 Å². The Kier molecular flexibility index (Phi) is 3.47. The average Bonchev–Trinajstić information content (AvgIpc) is 2.89.